The lowest BCUT2D eigenvalue weighted by Gasteiger charge is -2.22. The molecular formula is C26H29NO4. The Morgan fingerprint density at radius 2 is 1.71 bits per heavy atom. The first-order valence-corrected chi connectivity index (χ1v) is 10.6. The molecule has 1 aliphatic rings. The molecule has 0 aromatic heterocycles. The van der Waals surface area contributed by atoms with Crippen molar-refractivity contribution >= 4 is 0 Å². The van der Waals surface area contributed by atoms with Crippen molar-refractivity contribution in [3.8, 4) is 17.2 Å². The maximum atomic E-state index is 10.8. The molecule has 1 aliphatic heterocycles. The second kappa shape index (κ2) is 9.86. The van der Waals surface area contributed by atoms with Gasteiger partial charge in [-0.05, 0) is 35.4 Å². The van der Waals surface area contributed by atoms with Crippen LogP contribution in [0.3, 0.4) is 0 Å². The molecule has 0 unspecified atom stereocenters. The number of rotatable bonds is 7. The van der Waals surface area contributed by atoms with Gasteiger partial charge in [-0.25, -0.2) is 0 Å². The van der Waals surface area contributed by atoms with Gasteiger partial charge in [-0.15, -0.1) is 0 Å². The molecule has 1 atom stereocenters. The zero-order valence-corrected chi connectivity index (χ0v) is 18.1. The Balaban J connectivity index is 1.54. The smallest absolute Gasteiger partial charge is 0.127 e. The van der Waals surface area contributed by atoms with E-state index in [1.807, 2.05) is 60.7 Å². The van der Waals surface area contributed by atoms with E-state index in [0.29, 0.717) is 19.6 Å². The summed E-state index contributed by atoms with van der Waals surface area (Å²) in [6, 6.07) is 21.9. The molecule has 31 heavy (non-hydrogen) atoms. The number of ether oxygens (including phenoxy) is 3. The third kappa shape index (κ3) is 5.01. The fourth-order valence-electron chi connectivity index (χ4n) is 4.07. The average molecular weight is 420 g/mol. The van der Waals surface area contributed by atoms with Crippen molar-refractivity contribution in [2.24, 2.45) is 0 Å². The Morgan fingerprint density at radius 3 is 2.42 bits per heavy atom. The minimum absolute atomic E-state index is 0.557. The van der Waals surface area contributed by atoms with E-state index in [4.69, 9.17) is 14.2 Å². The Bertz CT molecular complexity index is 983. The van der Waals surface area contributed by atoms with Crippen LogP contribution >= 0.6 is 0 Å². The molecule has 162 valence electrons. The van der Waals surface area contributed by atoms with Crippen molar-refractivity contribution < 1.29 is 19.3 Å². The Labute approximate surface area is 183 Å². The highest BCUT2D eigenvalue weighted by Crippen LogP contribution is 2.32. The number of nitrogens with zero attached hydrogens (tertiary/aromatic N) is 1. The normalized spacial score (nSPS) is 14.8. The zero-order chi connectivity index (χ0) is 21.6. The predicted octanol–water partition coefficient (Wildman–Crippen LogP) is 4.37. The second-order valence-corrected chi connectivity index (χ2v) is 7.77. The standard InChI is InChI=1S/C26H29NO4/c1-29-25-9-6-10-26(30-2)22(25)18-27-13-14-31-24-12-11-20(16-21(24)17-27)23(28)15-19-7-4-3-5-8-19/h3-12,16,23,28H,13-15,17-18H2,1-2H3/t23-/m0/s1. The molecule has 3 aromatic carbocycles. The number of aliphatic hydroxyl groups excluding tert-OH is 1. The van der Waals surface area contributed by atoms with Crippen molar-refractivity contribution in [3.05, 3.63) is 89.0 Å². The van der Waals surface area contributed by atoms with Gasteiger partial charge in [0.2, 0.25) is 0 Å². The van der Waals surface area contributed by atoms with Crippen LogP contribution in [-0.2, 0) is 19.5 Å². The third-order valence-corrected chi connectivity index (χ3v) is 5.71. The number of aliphatic hydroxyl groups is 1. The third-order valence-electron chi connectivity index (χ3n) is 5.71. The van der Waals surface area contributed by atoms with Gasteiger partial charge < -0.3 is 19.3 Å². The van der Waals surface area contributed by atoms with E-state index in [-0.39, 0.29) is 0 Å². The van der Waals surface area contributed by atoms with Gasteiger partial charge in [-0.3, -0.25) is 4.90 Å². The lowest BCUT2D eigenvalue weighted by atomic mass is 9.99. The van der Waals surface area contributed by atoms with Crippen LogP contribution < -0.4 is 14.2 Å². The summed E-state index contributed by atoms with van der Waals surface area (Å²) in [5.41, 5.74) is 4.13. The number of methoxy groups -OCH3 is 2. The van der Waals surface area contributed by atoms with E-state index in [9.17, 15) is 5.11 Å². The predicted molar refractivity (Wildman–Crippen MR) is 121 cm³/mol. The summed E-state index contributed by atoms with van der Waals surface area (Å²) in [5, 5.41) is 10.8. The van der Waals surface area contributed by atoms with Crippen LogP contribution in [0, 0.1) is 0 Å². The summed E-state index contributed by atoms with van der Waals surface area (Å²) >= 11 is 0. The molecule has 0 amide bonds. The minimum Gasteiger partial charge on any atom is -0.496 e. The van der Waals surface area contributed by atoms with Crippen molar-refractivity contribution in [2.45, 2.75) is 25.6 Å². The first kappa shape index (κ1) is 21.2. The Hall–Kier alpha value is -3.02. The lowest BCUT2D eigenvalue weighted by Crippen LogP contribution is -2.25. The van der Waals surface area contributed by atoms with Gasteiger partial charge in [0.25, 0.3) is 0 Å². The van der Waals surface area contributed by atoms with E-state index in [0.717, 1.165) is 52.6 Å². The van der Waals surface area contributed by atoms with Gasteiger partial charge in [0, 0.05) is 31.6 Å². The van der Waals surface area contributed by atoms with Crippen LogP contribution in [0.15, 0.2) is 66.7 Å². The molecule has 0 fully saturated rings. The molecule has 0 bridgehead atoms. The van der Waals surface area contributed by atoms with E-state index < -0.39 is 6.10 Å². The van der Waals surface area contributed by atoms with Crippen LogP contribution in [0.2, 0.25) is 0 Å². The van der Waals surface area contributed by atoms with E-state index in [2.05, 4.69) is 11.0 Å². The summed E-state index contributed by atoms with van der Waals surface area (Å²) in [6.07, 6.45) is 0.0292. The van der Waals surface area contributed by atoms with Gasteiger partial charge in [0.1, 0.15) is 23.9 Å². The molecule has 1 heterocycles. The SMILES string of the molecule is COc1cccc(OC)c1CN1CCOc2ccc([C@@H](O)Cc3ccccc3)cc2C1. The maximum absolute atomic E-state index is 10.8. The van der Waals surface area contributed by atoms with E-state index in [1.165, 1.54) is 0 Å². The van der Waals surface area contributed by atoms with Crippen LogP contribution in [0.5, 0.6) is 17.2 Å². The van der Waals surface area contributed by atoms with Crippen molar-refractivity contribution in [1.29, 1.82) is 0 Å². The van der Waals surface area contributed by atoms with E-state index in [1.54, 1.807) is 14.2 Å². The van der Waals surface area contributed by atoms with E-state index >= 15 is 0 Å². The van der Waals surface area contributed by atoms with Crippen molar-refractivity contribution in [1.82, 2.24) is 4.90 Å². The van der Waals surface area contributed by atoms with Gasteiger partial charge in [0.05, 0.1) is 25.9 Å². The molecule has 4 rings (SSSR count). The summed E-state index contributed by atoms with van der Waals surface area (Å²) in [7, 11) is 3.36. The van der Waals surface area contributed by atoms with Crippen LogP contribution in [0.4, 0.5) is 0 Å². The Kier molecular flexibility index (Phi) is 6.75. The number of fused-ring (bicyclic) bond motifs is 1. The molecule has 5 nitrogen and oxygen atoms in total. The highest BCUT2D eigenvalue weighted by Gasteiger charge is 2.20. The summed E-state index contributed by atoms with van der Waals surface area (Å²) in [6.45, 7) is 2.81. The van der Waals surface area contributed by atoms with Crippen molar-refractivity contribution in [3.63, 3.8) is 0 Å². The summed E-state index contributed by atoms with van der Waals surface area (Å²) in [5.74, 6) is 2.51. The summed E-state index contributed by atoms with van der Waals surface area (Å²) in [4.78, 5) is 2.32. The molecule has 0 saturated carbocycles. The monoisotopic (exact) mass is 419 g/mol. The molecular weight excluding hydrogens is 390 g/mol. The first-order valence-electron chi connectivity index (χ1n) is 10.6. The molecule has 0 aliphatic carbocycles. The molecule has 0 radical (unpaired) electrons. The minimum atomic E-state index is -0.557. The highest BCUT2D eigenvalue weighted by molar-refractivity contribution is 5.45. The molecule has 5 heteroatoms. The first-order chi connectivity index (χ1) is 15.2. The topological polar surface area (TPSA) is 51.2 Å². The molecule has 1 N–H and O–H groups in total. The van der Waals surface area contributed by atoms with Gasteiger partial charge in [-0.1, -0.05) is 42.5 Å². The fourth-order valence-corrected chi connectivity index (χ4v) is 4.07. The van der Waals surface area contributed by atoms with Crippen LogP contribution in [0.25, 0.3) is 0 Å². The van der Waals surface area contributed by atoms with Gasteiger partial charge >= 0.3 is 0 Å². The van der Waals surface area contributed by atoms with Crippen LogP contribution in [0.1, 0.15) is 28.4 Å². The largest absolute Gasteiger partial charge is 0.496 e. The highest BCUT2D eigenvalue weighted by atomic mass is 16.5. The molecule has 3 aromatic rings. The zero-order valence-electron chi connectivity index (χ0n) is 18.1. The average Bonchev–Trinajstić information content (AvgIpc) is 3.01. The lowest BCUT2D eigenvalue weighted by molar-refractivity contribution is 0.178. The second-order valence-electron chi connectivity index (χ2n) is 7.77. The van der Waals surface area contributed by atoms with Crippen molar-refractivity contribution in [2.75, 3.05) is 27.4 Å². The fraction of sp³-hybridized carbons (Fsp3) is 0.308. The Morgan fingerprint density at radius 1 is 0.968 bits per heavy atom. The molecule has 0 spiro atoms. The number of benzene rings is 3. The maximum Gasteiger partial charge on any atom is 0.127 e. The number of hydrogen-bond donors (Lipinski definition) is 1. The van der Waals surface area contributed by atoms with Gasteiger partial charge in [0.15, 0.2) is 0 Å². The molecule has 0 saturated heterocycles. The quantitative estimate of drug-likeness (QED) is 0.616. The van der Waals surface area contributed by atoms with Gasteiger partial charge in [-0.2, -0.15) is 0 Å². The van der Waals surface area contributed by atoms with Crippen LogP contribution in [-0.4, -0.2) is 37.4 Å². The summed E-state index contributed by atoms with van der Waals surface area (Å²) < 4.78 is 17.1. The number of hydrogen-bond acceptors (Lipinski definition) is 5.